The maximum Gasteiger partial charge on any atom is 0.408 e. The van der Waals surface area contributed by atoms with Gasteiger partial charge >= 0.3 is 17.1 Å². The number of rotatable bonds is 13. The van der Waals surface area contributed by atoms with E-state index in [9.17, 15) is 30.8 Å². The zero-order chi connectivity index (χ0) is 23.0. The molecule has 0 aromatic rings. The number of alkyl halides is 4. The van der Waals surface area contributed by atoms with Crippen molar-refractivity contribution in [2.45, 2.75) is 95.1 Å². The Bertz CT molecular complexity index is 633. The number of ether oxygens (including phenoxy) is 1. The van der Waals surface area contributed by atoms with Crippen LogP contribution in [0.25, 0.3) is 0 Å². The number of halogens is 4. The molecule has 178 valence electrons. The number of carbonyl (C=O) groups excluding carboxylic acids is 1. The predicted molar refractivity (Wildman–Crippen MR) is 107 cm³/mol. The van der Waals surface area contributed by atoms with Crippen LogP contribution in [0.2, 0.25) is 0 Å². The van der Waals surface area contributed by atoms with Gasteiger partial charge in [0.05, 0.1) is 6.61 Å². The lowest BCUT2D eigenvalue weighted by atomic mass is 9.87. The molecule has 1 rings (SSSR count). The van der Waals surface area contributed by atoms with Crippen LogP contribution in [0.1, 0.15) is 78.6 Å². The van der Waals surface area contributed by atoms with E-state index < -0.39 is 38.8 Å². The van der Waals surface area contributed by atoms with Gasteiger partial charge in [0.15, 0.2) is 0 Å². The average Bonchev–Trinajstić information content (AvgIpc) is 2.68. The van der Waals surface area contributed by atoms with Gasteiger partial charge in [-0.1, -0.05) is 33.1 Å². The molecule has 0 N–H and O–H groups in total. The lowest BCUT2D eigenvalue weighted by Gasteiger charge is -2.33. The molecule has 10 heteroatoms. The maximum absolute atomic E-state index is 14.3. The molecule has 30 heavy (non-hydrogen) atoms. The molecule has 1 unspecified atom stereocenters. The SMILES string of the molecule is CCN(CC)C(C)S(=O)(=O)C(F)(F)C(F)(F)CCCCOC(=O)CC1CCCCC1. The molecule has 0 heterocycles. The van der Waals surface area contributed by atoms with Crippen LogP contribution in [0.4, 0.5) is 17.6 Å². The Labute approximate surface area is 177 Å². The van der Waals surface area contributed by atoms with Crippen LogP contribution in [-0.2, 0) is 19.4 Å². The third kappa shape index (κ3) is 6.80. The molecule has 0 saturated heterocycles. The van der Waals surface area contributed by atoms with Gasteiger partial charge in [-0.2, -0.15) is 17.6 Å². The third-order valence-electron chi connectivity index (χ3n) is 5.89. The minimum absolute atomic E-state index is 0.0340. The quantitative estimate of drug-likeness (QED) is 0.219. The Kier molecular flexibility index (Phi) is 10.5. The molecule has 0 radical (unpaired) electrons. The Morgan fingerprint density at radius 2 is 1.63 bits per heavy atom. The van der Waals surface area contributed by atoms with Gasteiger partial charge in [-0.05, 0) is 51.6 Å². The Hall–Kier alpha value is -0.900. The summed E-state index contributed by atoms with van der Waals surface area (Å²) < 4.78 is 86.3. The number of nitrogens with zero attached hydrogens (tertiary/aromatic N) is 1. The van der Waals surface area contributed by atoms with Gasteiger partial charge in [0, 0.05) is 12.8 Å². The summed E-state index contributed by atoms with van der Waals surface area (Å²) in [7, 11) is -5.43. The van der Waals surface area contributed by atoms with Crippen LogP contribution in [-0.4, -0.2) is 55.5 Å². The minimum atomic E-state index is -5.43. The molecule has 1 aliphatic carbocycles. The van der Waals surface area contributed by atoms with Crippen molar-refractivity contribution in [3.63, 3.8) is 0 Å². The van der Waals surface area contributed by atoms with Gasteiger partial charge in [-0.3, -0.25) is 9.69 Å². The molecular weight excluding hydrogens is 426 g/mol. The maximum atomic E-state index is 14.3. The highest BCUT2D eigenvalue weighted by atomic mass is 32.2. The molecular formula is C20H35F4NO4S. The van der Waals surface area contributed by atoms with Crippen molar-refractivity contribution in [2.24, 2.45) is 5.92 Å². The summed E-state index contributed by atoms with van der Waals surface area (Å²) in [4.78, 5) is 13.0. The molecule has 0 bridgehead atoms. The molecule has 5 nitrogen and oxygen atoms in total. The molecule has 0 aliphatic heterocycles. The topological polar surface area (TPSA) is 63.7 Å². The first-order chi connectivity index (χ1) is 13.9. The highest BCUT2D eigenvalue weighted by molar-refractivity contribution is 7.93. The fourth-order valence-electron chi connectivity index (χ4n) is 3.82. The van der Waals surface area contributed by atoms with Crippen molar-refractivity contribution in [1.29, 1.82) is 0 Å². The zero-order valence-electron chi connectivity index (χ0n) is 18.1. The van der Waals surface area contributed by atoms with Gasteiger partial charge in [0.2, 0.25) is 9.84 Å². The summed E-state index contributed by atoms with van der Waals surface area (Å²) >= 11 is 0. The van der Waals surface area contributed by atoms with Crippen molar-refractivity contribution >= 4 is 15.8 Å². The largest absolute Gasteiger partial charge is 0.466 e. The van der Waals surface area contributed by atoms with E-state index in [4.69, 9.17) is 4.74 Å². The van der Waals surface area contributed by atoms with Crippen LogP contribution >= 0.6 is 0 Å². The number of unbranched alkanes of at least 4 members (excludes halogenated alkanes) is 1. The van der Waals surface area contributed by atoms with Crippen LogP contribution in [0.15, 0.2) is 0 Å². The monoisotopic (exact) mass is 461 g/mol. The summed E-state index contributed by atoms with van der Waals surface area (Å²) in [6.45, 7) is 4.28. The van der Waals surface area contributed by atoms with Gasteiger partial charge in [-0.15, -0.1) is 0 Å². The molecule has 0 aromatic heterocycles. The Balaban J connectivity index is 2.51. The molecule has 1 atom stereocenters. The van der Waals surface area contributed by atoms with E-state index >= 15 is 0 Å². The van der Waals surface area contributed by atoms with E-state index in [1.165, 1.54) is 4.90 Å². The van der Waals surface area contributed by atoms with Crippen LogP contribution < -0.4 is 0 Å². The molecule has 0 aromatic carbocycles. The molecule has 1 saturated carbocycles. The van der Waals surface area contributed by atoms with Crippen LogP contribution in [0.5, 0.6) is 0 Å². The summed E-state index contributed by atoms with van der Waals surface area (Å²) in [6.07, 6.45) is 3.83. The fraction of sp³-hybridized carbons (Fsp3) is 0.950. The van der Waals surface area contributed by atoms with E-state index in [0.717, 1.165) is 39.0 Å². The lowest BCUT2D eigenvalue weighted by Crippen LogP contribution is -2.54. The standard InChI is InChI=1S/C20H35F4NO4S/c1-4-25(5-2)16(3)30(27,28)20(23,24)19(21,22)13-9-10-14-29-18(26)15-17-11-7-6-8-12-17/h16-17H,4-15H2,1-3H3. The van der Waals surface area contributed by atoms with Gasteiger partial charge < -0.3 is 4.74 Å². The smallest absolute Gasteiger partial charge is 0.408 e. The first-order valence-electron chi connectivity index (χ1n) is 10.8. The Morgan fingerprint density at radius 3 is 2.17 bits per heavy atom. The predicted octanol–water partition coefficient (Wildman–Crippen LogP) is 5.00. The fourth-order valence-corrected chi connectivity index (χ4v) is 5.46. The summed E-state index contributed by atoms with van der Waals surface area (Å²) in [6, 6.07) is 0. The van der Waals surface area contributed by atoms with Gasteiger partial charge in [-0.25, -0.2) is 8.42 Å². The Morgan fingerprint density at radius 1 is 1.07 bits per heavy atom. The van der Waals surface area contributed by atoms with Crippen molar-refractivity contribution in [3.05, 3.63) is 0 Å². The van der Waals surface area contributed by atoms with E-state index in [1.807, 2.05) is 0 Å². The van der Waals surface area contributed by atoms with E-state index in [0.29, 0.717) is 0 Å². The minimum Gasteiger partial charge on any atom is -0.466 e. The first-order valence-corrected chi connectivity index (χ1v) is 12.3. The first kappa shape index (κ1) is 27.1. The zero-order valence-corrected chi connectivity index (χ0v) is 19.0. The van der Waals surface area contributed by atoms with Gasteiger partial charge in [0.25, 0.3) is 0 Å². The number of sulfone groups is 1. The van der Waals surface area contributed by atoms with Crippen molar-refractivity contribution in [1.82, 2.24) is 4.90 Å². The number of hydrogen-bond donors (Lipinski definition) is 0. The lowest BCUT2D eigenvalue weighted by molar-refractivity contribution is -0.163. The van der Waals surface area contributed by atoms with Gasteiger partial charge in [0.1, 0.15) is 5.37 Å². The highest BCUT2D eigenvalue weighted by Crippen LogP contribution is 2.44. The second-order valence-electron chi connectivity index (χ2n) is 7.97. The summed E-state index contributed by atoms with van der Waals surface area (Å²) in [5, 5.41) is -6.91. The van der Waals surface area contributed by atoms with Crippen LogP contribution in [0, 0.1) is 5.92 Å². The number of hydrogen-bond acceptors (Lipinski definition) is 5. The average molecular weight is 462 g/mol. The summed E-state index contributed by atoms with van der Waals surface area (Å²) in [5.41, 5.74) is 0. The second kappa shape index (κ2) is 11.6. The number of carbonyl (C=O) groups is 1. The van der Waals surface area contributed by atoms with Crippen molar-refractivity contribution in [3.8, 4) is 0 Å². The molecule has 0 amide bonds. The van der Waals surface area contributed by atoms with E-state index in [1.54, 1.807) is 13.8 Å². The van der Waals surface area contributed by atoms with E-state index in [2.05, 4.69) is 0 Å². The van der Waals surface area contributed by atoms with Crippen molar-refractivity contribution < 1.29 is 35.5 Å². The highest BCUT2D eigenvalue weighted by Gasteiger charge is 2.66. The van der Waals surface area contributed by atoms with E-state index in [-0.39, 0.29) is 44.9 Å². The molecule has 0 spiro atoms. The molecule has 1 aliphatic rings. The normalized spacial score (nSPS) is 17.9. The summed E-state index contributed by atoms with van der Waals surface area (Å²) in [5.74, 6) is -4.83. The molecule has 1 fully saturated rings. The van der Waals surface area contributed by atoms with Crippen LogP contribution in [0.3, 0.4) is 0 Å². The number of esters is 1. The van der Waals surface area contributed by atoms with Crippen molar-refractivity contribution in [2.75, 3.05) is 19.7 Å². The third-order valence-corrected chi connectivity index (χ3v) is 8.10. The second-order valence-corrected chi connectivity index (χ2v) is 10.3.